The lowest BCUT2D eigenvalue weighted by Crippen LogP contribution is -2.24. The number of hydrogen-bond acceptors (Lipinski definition) is 2. The van der Waals surface area contributed by atoms with Gasteiger partial charge in [0, 0.05) is 18.0 Å². The molecule has 1 atom stereocenters. The number of nitrogens with one attached hydrogen (secondary N) is 1. The molecule has 1 heterocycles. The first-order valence-corrected chi connectivity index (χ1v) is 6.53. The van der Waals surface area contributed by atoms with Crippen LogP contribution in [0.1, 0.15) is 35.2 Å². The summed E-state index contributed by atoms with van der Waals surface area (Å²) in [6.07, 6.45) is 3.56. The SMILES string of the molecule is CCNC(c1cnccc1C)c1ccc(C)cc1F. The Bertz CT molecular complexity index is 566. The fourth-order valence-corrected chi connectivity index (χ4v) is 2.24. The zero-order chi connectivity index (χ0) is 13.8. The van der Waals surface area contributed by atoms with Gasteiger partial charge in [-0.25, -0.2) is 4.39 Å². The lowest BCUT2D eigenvalue weighted by molar-refractivity contribution is 0.556. The van der Waals surface area contributed by atoms with E-state index in [1.165, 1.54) is 0 Å². The summed E-state index contributed by atoms with van der Waals surface area (Å²) in [6, 6.07) is 7.16. The van der Waals surface area contributed by atoms with E-state index in [0.29, 0.717) is 5.56 Å². The van der Waals surface area contributed by atoms with Gasteiger partial charge in [-0.3, -0.25) is 4.98 Å². The molecule has 0 saturated carbocycles. The van der Waals surface area contributed by atoms with Gasteiger partial charge in [0.05, 0.1) is 6.04 Å². The minimum absolute atomic E-state index is 0.153. The zero-order valence-corrected chi connectivity index (χ0v) is 11.6. The highest BCUT2D eigenvalue weighted by molar-refractivity contribution is 5.36. The van der Waals surface area contributed by atoms with Gasteiger partial charge in [0.2, 0.25) is 0 Å². The third-order valence-electron chi connectivity index (χ3n) is 3.27. The van der Waals surface area contributed by atoms with Crippen molar-refractivity contribution in [2.75, 3.05) is 6.54 Å². The number of pyridine rings is 1. The average Bonchev–Trinajstić information content (AvgIpc) is 2.38. The van der Waals surface area contributed by atoms with Crippen LogP contribution in [0.4, 0.5) is 4.39 Å². The number of nitrogens with zero attached hydrogens (tertiary/aromatic N) is 1. The number of halogens is 1. The largest absolute Gasteiger partial charge is 0.306 e. The number of rotatable bonds is 4. The molecule has 1 N–H and O–H groups in total. The maximum Gasteiger partial charge on any atom is 0.128 e. The van der Waals surface area contributed by atoms with E-state index in [1.807, 2.05) is 45.2 Å². The fraction of sp³-hybridized carbons (Fsp3) is 0.312. The van der Waals surface area contributed by atoms with Gasteiger partial charge in [-0.15, -0.1) is 0 Å². The maximum absolute atomic E-state index is 14.2. The van der Waals surface area contributed by atoms with Crippen molar-refractivity contribution >= 4 is 0 Å². The van der Waals surface area contributed by atoms with Crippen molar-refractivity contribution in [3.63, 3.8) is 0 Å². The fourth-order valence-electron chi connectivity index (χ4n) is 2.24. The minimum Gasteiger partial charge on any atom is -0.306 e. The van der Waals surface area contributed by atoms with Crippen LogP contribution >= 0.6 is 0 Å². The summed E-state index contributed by atoms with van der Waals surface area (Å²) in [5, 5.41) is 3.34. The zero-order valence-electron chi connectivity index (χ0n) is 11.6. The van der Waals surface area contributed by atoms with Crippen LogP contribution in [0.3, 0.4) is 0 Å². The summed E-state index contributed by atoms with van der Waals surface area (Å²) in [6.45, 7) is 6.70. The summed E-state index contributed by atoms with van der Waals surface area (Å²) in [4.78, 5) is 4.16. The monoisotopic (exact) mass is 258 g/mol. The van der Waals surface area contributed by atoms with Crippen molar-refractivity contribution in [2.45, 2.75) is 26.8 Å². The van der Waals surface area contributed by atoms with Crippen LogP contribution in [0.2, 0.25) is 0 Å². The smallest absolute Gasteiger partial charge is 0.128 e. The summed E-state index contributed by atoms with van der Waals surface area (Å²) in [5.41, 5.74) is 3.73. The van der Waals surface area contributed by atoms with Crippen molar-refractivity contribution in [2.24, 2.45) is 0 Å². The number of aromatic nitrogens is 1. The molecule has 2 aromatic rings. The molecule has 0 bridgehead atoms. The van der Waals surface area contributed by atoms with Gasteiger partial charge in [-0.2, -0.15) is 0 Å². The molecule has 100 valence electrons. The van der Waals surface area contributed by atoms with Crippen LogP contribution in [0, 0.1) is 19.7 Å². The van der Waals surface area contributed by atoms with Crippen molar-refractivity contribution in [1.82, 2.24) is 10.3 Å². The third-order valence-corrected chi connectivity index (χ3v) is 3.27. The van der Waals surface area contributed by atoms with Crippen molar-refractivity contribution in [3.05, 3.63) is 64.7 Å². The Balaban J connectivity index is 2.48. The van der Waals surface area contributed by atoms with E-state index in [9.17, 15) is 4.39 Å². The Hall–Kier alpha value is -1.74. The standard InChI is InChI=1S/C16H19FN2/c1-4-19-16(14-10-18-8-7-12(14)3)13-6-5-11(2)9-15(13)17/h5-10,16,19H,4H2,1-3H3. The van der Waals surface area contributed by atoms with E-state index in [-0.39, 0.29) is 11.9 Å². The van der Waals surface area contributed by atoms with Crippen LogP contribution in [0.15, 0.2) is 36.7 Å². The Morgan fingerprint density at radius 2 is 2.00 bits per heavy atom. The first kappa shape index (κ1) is 13.7. The van der Waals surface area contributed by atoms with E-state index < -0.39 is 0 Å². The second-order valence-electron chi connectivity index (χ2n) is 4.75. The van der Waals surface area contributed by atoms with Gasteiger partial charge in [-0.05, 0) is 49.2 Å². The predicted molar refractivity (Wildman–Crippen MR) is 75.6 cm³/mol. The summed E-state index contributed by atoms with van der Waals surface area (Å²) in [5.74, 6) is -0.172. The molecule has 0 spiro atoms. The molecule has 0 aliphatic heterocycles. The molecule has 0 saturated heterocycles. The minimum atomic E-state index is -0.172. The van der Waals surface area contributed by atoms with E-state index in [1.54, 1.807) is 12.3 Å². The molecule has 1 aromatic carbocycles. The highest BCUT2D eigenvalue weighted by Gasteiger charge is 2.18. The van der Waals surface area contributed by atoms with Crippen LogP contribution in [0.5, 0.6) is 0 Å². The Labute approximate surface area is 113 Å². The molecule has 2 rings (SSSR count). The molecule has 3 heteroatoms. The van der Waals surface area contributed by atoms with Crippen molar-refractivity contribution in [3.8, 4) is 0 Å². The highest BCUT2D eigenvalue weighted by atomic mass is 19.1. The Morgan fingerprint density at radius 1 is 1.21 bits per heavy atom. The molecule has 2 nitrogen and oxygen atoms in total. The van der Waals surface area contributed by atoms with Crippen LogP contribution in [0.25, 0.3) is 0 Å². The summed E-state index contributed by atoms with van der Waals surface area (Å²) >= 11 is 0. The van der Waals surface area contributed by atoms with Crippen LogP contribution < -0.4 is 5.32 Å². The summed E-state index contributed by atoms with van der Waals surface area (Å²) < 4.78 is 14.2. The molecule has 19 heavy (non-hydrogen) atoms. The van der Waals surface area contributed by atoms with E-state index >= 15 is 0 Å². The lowest BCUT2D eigenvalue weighted by Gasteiger charge is -2.21. The lowest BCUT2D eigenvalue weighted by atomic mass is 9.95. The molecule has 1 unspecified atom stereocenters. The normalized spacial score (nSPS) is 12.4. The molecule has 0 aliphatic carbocycles. The highest BCUT2D eigenvalue weighted by Crippen LogP contribution is 2.26. The number of aryl methyl sites for hydroxylation is 2. The van der Waals surface area contributed by atoms with Gasteiger partial charge in [0.25, 0.3) is 0 Å². The van der Waals surface area contributed by atoms with Gasteiger partial charge in [0.1, 0.15) is 5.82 Å². The molecule has 0 fully saturated rings. The second-order valence-corrected chi connectivity index (χ2v) is 4.75. The number of benzene rings is 1. The molecular weight excluding hydrogens is 239 g/mol. The molecular formula is C16H19FN2. The number of hydrogen-bond donors (Lipinski definition) is 1. The quantitative estimate of drug-likeness (QED) is 0.907. The van der Waals surface area contributed by atoms with E-state index in [2.05, 4.69) is 10.3 Å². The van der Waals surface area contributed by atoms with Gasteiger partial charge in [0.15, 0.2) is 0 Å². The molecule has 1 aromatic heterocycles. The van der Waals surface area contributed by atoms with E-state index in [4.69, 9.17) is 0 Å². The predicted octanol–water partition coefficient (Wildman–Crippen LogP) is 3.54. The average molecular weight is 258 g/mol. The van der Waals surface area contributed by atoms with Crippen molar-refractivity contribution < 1.29 is 4.39 Å². The molecule has 0 amide bonds. The first-order chi connectivity index (χ1) is 9.13. The molecule has 0 radical (unpaired) electrons. The van der Waals surface area contributed by atoms with Gasteiger partial charge in [-0.1, -0.05) is 19.1 Å². The second kappa shape index (κ2) is 5.93. The van der Waals surface area contributed by atoms with Crippen molar-refractivity contribution in [1.29, 1.82) is 0 Å². The Morgan fingerprint density at radius 3 is 2.63 bits per heavy atom. The maximum atomic E-state index is 14.2. The third kappa shape index (κ3) is 2.99. The molecule has 0 aliphatic rings. The topological polar surface area (TPSA) is 24.9 Å². The van der Waals surface area contributed by atoms with Gasteiger partial charge < -0.3 is 5.32 Å². The van der Waals surface area contributed by atoms with E-state index in [0.717, 1.165) is 23.2 Å². The van der Waals surface area contributed by atoms with Gasteiger partial charge >= 0.3 is 0 Å². The first-order valence-electron chi connectivity index (χ1n) is 6.53. The van der Waals surface area contributed by atoms with Crippen LogP contribution in [-0.2, 0) is 0 Å². The summed E-state index contributed by atoms with van der Waals surface area (Å²) in [7, 11) is 0. The van der Waals surface area contributed by atoms with Crippen LogP contribution in [-0.4, -0.2) is 11.5 Å². The Kier molecular flexibility index (Phi) is 4.27.